The molecule has 12 nitrogen and oxygen atoms in total. The highest BCUT2D eigenvalue weighted by atomic mass is 32.2. The average Bonchev–Trinajstić information content (AvgIpc) is 3.58. The number of carboxylic acids is 2. The van der Waals surface area contributed by atoms with Gasteiger partial charge < -0.3 is 29.8 Å². The summed E-state index contributed by atoms with van der Waals surface area (Å²) in [5.41, 5.74) is 0. The van der Waals surface area contributed by atoms with Gasteiger partial charge in [-0.15, -0.1) is 20.4 Å². The van der Waals surface area contributed by atoms with Crippen molar-refractivity contribution in [2.45, 2.75) is 57.6 Å². The van der Waals surface area contributed by atoms with Gasteiger partial charge in [0.05, 0.1) is 0 Å². The smallest absolute Gasteiger partial charge is 0.328 e. The summed E-state index contributed by atoms with van der Waals surface area (Å²) in [6, 6.07) is 18.2. The van der Waals surface area contributed by atoms with E-state index in [1.54, 1.807) is 23.5 Å². The van der Waals surface area contributed by atoms with Crippen molar-refractivity contribution in [3.05, 3.63) is 60.7 Å². The van der Waals surface area contributed by atoms with Gasteiger partial charge in [-0.25, -0.2) is 9.59 Å². The lowest BCUT2D eigenvalue weighted by atomic mass is 10.1. The second-order valence-electron chi connectivity index (χ2n) is 11.7. The monoisotopic (exact) mass is 662 g/mol. The van der Waals surface area contributed by atoms with E-state index in [9.17, 15) is 9.59 Å². The van der Waals surface area contributed by atoms with Gasteiger partial charge in [0.15, 0.2) is 11.6 Å². The molecule has 4 bridgehead atoms. The maximum absolute atomic E-state index is 9.55. The summed E-state index contributed by atoms with van der Waals surface area (Å²) in [6.07, 6.45) is 6.02. The van der Waals surface area contributed by atoms with Gasteiger partial charge in [-0.2, -0.15) is 0 Å². The third kappa shape index (κ3) is 8.35. The topological polar surface area (TPSA) is 139 Å². The van der Waals surface area contributed by atoms with Crippen molar-refractivity contribution in [2.75, 3.05) is 62.2 Å². The fourth-order valence-electron chi connectivity index (χ4n) is 6.40. The van der Waals surface area contributed by atoms with Gasteiger partial charge in [0.1, 0.15) is 10.1 Å². The molecule has 0 amide bonds. The molecular formula is C32H38N8O4S2. The third-order valence-electron chi connectivity index (χ3n) is 8.80. The summed E-state index contributed by atoms with van der Waals surface area (Å²) in [6.45, 7) is 9.18. The number of hydrogen-bond acceptors (Lipinski definition) is 12. The molecule has 6 fully saturated rings. The highest BCUT2D eigenvalue weighted by molar-refractivity contribution is 8.02. The fourth-order valence-corrected chi connectivity index (χ4v) is 8.17. The number of hydrogen-bond donors (Lipinski definition) is 2. The first-order chi connectivity index (χ1) is 22.4. The van der Waals surface area contributed by atoms with Crippen molar-refractivity contribution in [2.24, 2.45) is 0 Å². The van der Waals surface area contributed by atoms with Crippen LogP contribution in [-0.2, 0) is 9.59 Å². The number of piperidine rings is 2. The maximum Gasteiger partial charge on any atom is 0.328 e. The number of aromatic nitrogens is 4. The number of benzene rings is 1. The van der Waals surface area contributed by atoms with Crippen LogP contribution in [0, 0.1) is 0 Å². The molecular weight excluding hydrogens is 625 g/mol. The third-order valence-corrected chi connectivity index (χ3v) is 10.9. The molecule has 14 heteroatoms. The number of carbonyl (C=O) groups is 2. The minimum absolute atomic E-state index is 0.558. The van der Waals surface area contributed by atoms with Crippen molar-refractivity contribution in [3.63, 3.8) is 0 Å². The van der Waals surface area contributed by atoms with Gasteiger partial charge in [0, 0.05) is 86.4 Å². The van der Waals surface area contributed by atoms with Crippen LogP contribution in [0.2, 0.25) is 0 Å². The van der Waals surface area contributed by atoms with Crippen LogP contribution in [-0.4, -0.2) is 117 Å². The molecule has 9 rings (SSSR count). The van der Waals surface area contributed by atoms with E-state index in [0.29, 0.717) is 24.2 Å². The Balaban J connectivity index is 0.000000414. The molecule has 2 N–H and O–H groups in total. The summed E-state index contributed by atoms with van der Waals surface area (Å²) >= 11 is 3.32. The standard InChI is InChI=1S/C28H34N8S2.C4H4O4/c1-2-4-24(38-28-8-6-26(30-32-28)36-20-18-34-15-11-22(36)12-16-34)23(3-1)37-27-7-5-25(29-31-27)35-19-17-33-13-9-21(35)10-14-33;5-3(6)1-2-4(7)8/h1-8,21-22H,9-20H2;1-2H,(H,5,6)(H,7,8)/b;2-1+. The maximum atomic E-state index is 9.55. The molecule has 0 spiro atoms. The number of nitrogens with zero attached hydrogens (tertiary/aromatic N) is 8. The molecule has 0 aliphatic carbocycles. The van der Waals surface area contributed by atoms with Crippen LogP contribution in [0.1, 0.15) is 25.7 Å². The Kier molecular flexibility index (Phi) is 10.7. The summed E-state index contributed by atoms with van der Waals surface area (Å²) in [4.78, 5) is 31.5. The molecule has 0 radical (unpaired) electrons. The zero-order valence-electron chi connectivity index (χ0n) is 25.5. The molecule has 3 aromatic rings. The number of rotatable bonds is 8. The molecule has 1 aromatic carbocycles. The van der Waals surface area contributed by atoms with E-state index < -0.39 is 11.9 Å². The van der Waals surface area contributed by atoms with Crippen molar-refractivity contribution in [1.29, 1.82) is 0 Å². The summed E-state index contributed by atoms with van der Waals surface area (Å²) in [7, 11) is 0. The van der Waals surface area contributed by atoms with Crippen LogP contribution in [0.4, 0.5) is 11.6 Å². The van der Waals surface area contributed by atoms with Crippen molar-refractivity contribution >= 4 is 47.1 Å². The number of fused-ring (bicyclic) bond motifs is 8. The predicted molar refractivity (Wildman–Crippen MR) is 177 cm³/mol. The minimum Gasteiger partial charge on any atom is -0.478 e. The minimum atomic E-state index is -1.26. The first-order valence-corrected chi connectivity index (χ1v) is 17.3. The summed E-state index contributed by atoms with van der Waals surface area (Å²) < 4.78 is 0. The molecule has 0 atom stereocenters. The Morgan fingerprint density at radius 2 is 1.00 bits per heavy atom. The SMILES string of the molecule is O=C(O)/C=C/C(=O)O.c1ccc(Sc2ccc(N3CCN4CCC3CC4)nn2)c(Sc2ccc(N3CCN4CCC3CC4)nn2)c1. The van der Waals surface area contributed by atoms with Gasteiger partial charge in [-0.05, 0) is 62.1 Å². The second-order valence-corrected chi connectivity index (χ2v) is 13.8. The first-order valence-electron chi connectivity index (χ1n) is 15.7. The molecule has 6 saturated heterocycles. The van der Waals surface area contributed by atoms with Crippen molar-refractivity contribution < 1.29 is 19.8 Å². The highest BCUT2D eigenvalue weighted by Gasteiger charge is 2.31. The van der Waals surface area contributed by atoms with Gasteiger partial charge in [-0.3, -0.25) is 0 Å². The largest absolute Gasteiger partial charge is 0.478 e. The molecule has 242 valence electrons. The van der Waals surface area contributed by atoms with Crippen LogP contribution in [0.15, 0.2) is 80.5 Å². The van der Waals surface area contributed by atoms with Crippen LogP contribution in [0.25, 0.3) is 0 Å². The number of anilines is 2. The second kappa shape index (κ2) is 15.2. The van der Waals surface area contributed by atoms with Crippen LogP contribution in [0.5, 0.6) is 0 Å². The zero-order chi connectivity index (χ0) is 31.9. The Morgan fingerprint density at radius 1 is 0.587 bits per heavy atom. The molecule has 2 aromatic heterocycles. The molecule has 0 saturated carbocycles. The number of carboxylic acid groups (broad SMARTS) is 2. The van der Waals surface area contributed by atoms with E-state index in [4.69, 9.17) is 10.2 Å². The normalized spacial score (nSPS) is 23.8. The molecule has 6 aliphatic rings. The van der Waals surface area contributed by atoms with E-state index in [2.05, 4.69) is 88.5 Å². The summed E-state index contributed by atoms with van der Waals surface area (Å²) in [5.74, 6) is -0.494. The van der Waals surface area contributed by atoms with E-state index in [1.165, 1.54) is 51.9 Å². The Labute approximate surface area is 276 Å². The van der Waals surface area contributed by atoms with Crippen LogP contribution in [0.3, 0.4) is 0 Å². The first kappa shape index (κ1) is 32.2. The molecule has 0 unspecified atom stereocenters. The quantitative estimate of drug-likeness (QED) is 0.338. The highest BCUT2D eigenvalue weighted by Crippen LogP contribution is 2.38. The van der Waals surface area contributed by atoms with Gasteiger partial charge in [0.2, 0.25) is 0 Å². The lowest BCUT2D eigenvalue weighted by molar-refractivity contribution is -0.134. The lowest BCUT2D eigenvalue weighted by Gasteiger charge is -2.31. The van der Waals surface area contributed by atoms with E-state index in [0.717, 1.165) is 57.7 Å². The van der Waals surface area contributed by atoms with Gasteiger partial charge in [-0.1, -0.05) is 35.7 Å². The summed E-state index contributed by atoms with van der Waals surface area (Å²) in [5, 5.41) is 36.0. The molecule has 6 aliphatic heterocycles. The van der Waals surface area contributed by atoms with E-state index in [1.807, 2.05) is 0 Å². The molecule has 8 heterocycles. The fraction of sp³-hybridized carbons (Fsp3) is 0.438. The van der Waals surface area contributed by atoms with Crippen molar-refractivity contribution in [1.82, 2.24) is 30.2 Å². The lowest BCUT2D eigenvalue weighted by Crippen LogP contribution is -2.38. The van der Waals surface area contributed by atoms with Crippen LogP contribution < -0.4 is 9.80 Å². The molecule has 46 heavy (non-hydrogen) atoms. The van der Waals surface area contributed by atoms with E-state index in [-0.39, 0.29) is 0 Å². The van der Waals surface area contributed by atoms with Gasteiger partial charge in [0.25, 0.3) is 0 Å². The van der Waals surface area contributed by atoms with E-state index >= 15 is 0 Å². The average molecular weight is 663 g/mol. The van der Waals surface area contributed by atoms with Crippen LogP contribution >= 0.6 is 23.5 Å². The Hall–Kier alpha value is -3.72. The number of aliphatic carboxylic acids is 2. The predicted octanol–water partition coefficient (Wildman–Crippen LogP) is 3.85. The van der Waals surface area contributed by atoms with Crippen molar-refractivity contribution in [3.8, 4) is 0 Å². The Bertz CT molecular complexity index is 1400. The zero-order valence-corrected chi connectivity index (χ0v) is 27.2. The Morgan fingerprint density at radius 3 is 1.35 bits per heavy atom. The van der Waals surface area contributed by atoms with Gasteiger partial charge >= 0.3 is 11.9 Å².